The molecule has 4 rings (SSSR count). The highest BCUT2D eigenvalue weighted by atomic mass is 16.5. The zero-order valence-electron chi connectivity index (χ0n) is 10.6. The van der Waals surface area contributed by atoms with Crippen molar-refractivity contribution in [2.75, 3.05) is 6.61 Å². The molecule has 0 saturated carbocycles. The van der Waals surface area contributed by atoms with Crippen LogP contribution in [0.5, 0.6) is 0 Å². The third-order valence-electron chi connectivity index (χ3n) is 5.22. The van der Waals surface area contributed by atoms with E-state index in [2.05, 4.69) is 16.0 Å². The van der Waals surface area contributed by atoms with Gasteiger partial charge in [0.05, 0.1) is 5.54 Å². The highest BCUT2D eigenvalue weighted by Crippen LogP contribution is 2.44. The zero-order chi connectivity index (χ0) is 12.2. The van der Waals surface area contributed by atoms with Crippen molar-refractivity contribution >= 4 is 6.03 Å². The maximum Gasteiger partial charge on any atom is 0.317 e. The summed E-state index contributed by atoms with van der Waals surface area (Å²) in [5.74, 6) is 0.439. The highest BCUT2D eigenvalue weighted by molar-refractivity contribution is 5.76. The van der Waals surface area contributed by atoms with E-state index in [4.69, 9.17) is 4.74 Å². The van der Waals surface area contributed by atoms with Crippen molar-refractivity contribution in [3.8, 4) is 0 Å². The van der Waals surface area contributed by atoms with Crippen molar-refractivity contribution < 1.29 is 9.53 Å². The third-order valence-corrected chi connectivity index (χ3v) is 5.22. The van der Waals surface area contributed by atoms with Crippen LogP contribution in [0, 0.1) is 5.92 Å². The van der Waals surface area contributed by atoms with Gasteiger partial charge in [-0.25, -0.2) is 4.79 Å². The van der Waals surface area contributed by atoms with Crippen LogP contribution in [0.4, 0.5) is 4.79 Å². The Morgan fingerprint density at radius 1 is 1.17 bits per heavy atom. The molecule has 18 heavy (non-hydrogen) atoms. The largest absolute Gasteiger partial charge is 0.358 e. The van der Waals surface area contributed by atoms with Crippen LogP contribution in [0.2, 0.25) is 0 Å². The van der Waals surface area contributed by atoms with Gasteiger partial charge in [0.15, 0.2) is 0 Å². The van der Waals surface area contributed by atoms with Crippen LogP contribution in [0.15, 0.2) is 0 Å². The SMILES string of the molecule is O=C1N[C@H]2OCCC[C@H]2C2(C[C@H]3CC[C@@H](C2)N3)N1. The minimum Gasteiger partial charge on any atom is -0.358 e. The molecule has 4 aliphatic rings. The average Bonchev–Trinajstić information content (AvgIpc) is 2.69. The Labute approximate surface area is 107 Å². The van der Waals surface area contributed by atoms with Gasteiger partial charge in [-0.1, -0.05) is 0 Å². The number of ether oxygens (including phenoxy) is 1. The maximum absolute atomic E-state index is 11.9. The number of urea groups is 1. The number of carbonyl (C=O) groups is 1. The Hall–Kier alpha value is -0.810. The number of rotatable bonds is 0. The lowest BCUT2D eigenvalue weighted by Gasteiger charge is -2.53. The van der Waals surface area contributed by atoms with E-state index in [9.17, 15) is 4.79 Å². The van der Waals surface area contributed by atoms with Gasteiger partial charge in [-0.15, -0.1) is 0 Å². The summed E-state index contributed by atoms with van der Waals surface area (Å²) in [6.07, 6.45) is 6.87. The smallest absolute Gasteiger partial charge is 0.317 e. The maximum atomic E-state index is 11.9. The molecule has 4 aliphatic heterocycles. The molecule has 1 spiro atoms. The second kappa shape index (κ2) is 3.84. The van der Waals surface area contributed by atoms with E-state index >= 15 is 0 Å². The van der Waals surface area contributed by atoms with Gasteiger partial charge in [-0.05, 0) is 38.5 Å². The van der Waals surface area contributed by atoms with Gasteiger partial charge in [-0.2, -0.15) is 0 Å². The molecule has 100 valence electrons. The molecule has 2 amide bonds. The average molecular weight is 251 g/mol. The van der Waals surface area contributed by atoms with E-state index in [1.165, 1.54) is 12.8 Å². The quantitative estimate of drug-likeness (QED) is 0.594. The fourth-order valence-electron chi connectivity index (χ4n) is 4.57. The van der Waals surface area contributed by atoms with Crippen LogP contribution >= 0.6 is 0 Å². The van der Waals surface area contributed by atoms with E-state index in [1.54, 1.807) is 0 Å². The zero-order valence-corrected chi connectivity index (χ0v) is 10.6. The van der Waals surface area contributed by atoms with Gasteiger partial charge in [0, 0.05) is 24.6 Å². The standard InChI is InChI=1S/C13H21N3O2/c17-12-15-11-10(2-1-5-18-11)13(16-12)6-8-3-4-9(7-13)14-8/h8-11,14H,1-7H2,(H2,15,16,17)/t8-,9+,10-,11+,13?/m1/s1. The van der Waals surface area contributed by atoms with Crippen molar-refractivity contribution in [3.63, 3.8) is 0 Å². The molecule has 0 aromatic carbocycles. The number of carbonyl (C=O) groups excluding carboxylic acids is 1. The van der Waals surface area contributed by atoms with Crippen LogP contribution in [-0.2, 0) is 4.74 Å². The molecule has 4 saturated heterocycles. The van der Waals surface area contributed by atoms with Crippen LogP contribution < -0.4 is 16.0 Å². The van der Waals surface area contributed by atoms with E-state index in [0.29, 0.717) is 18.0 Å². The molecule has 0 aromatic heterocycles. The van der Waals surface area contributed by atoms with Crippen LogP contribution in [-0.4, -0.2) is 36.5 Å². The minimum absolute atomic E-state index is 0.0233. The Bertz CT molecular complexity index is 361. The van der Waals surface area contributed by atoms with E-state index in [0.717, 1.165) is 32.3 Å². The predicted octanol–water partition coefficient (Wildman–Crippen LogP) is 0.705. The van der Waals surface area contributed by atoms with Crippen molar-refractivity contribution in [1.82, 2.24) is 16.0 Å². The lowest BCUT2D eigenvalue weighted by molar-refractivity contribution is -0.0920. The molecule has 0 radical (unpaired) electrons. The summed E-state index contributed by atoms with van der Waals surface area (Å²) >= 11 is 0. The minimum atomic E-state index is -0.0648. The summed E-state index contributed by atoms with van der Waals surface area (Å²) in [5, 5.41) is 9.87. The lowest BCUT2D eigenvalue weighted by Crippen LogP contribution is -2.72. The lowest BCUT2D eigenvalue weighted by atomic mass is 9.69. The van der Waals surface area contributed by atoms with Gasteiger partial charge in [0.1, 0.15) is 6.23 Å². The van der Waals surface area contributed by atoms with Crippen LogP contribution in [0.3, 0.4) is 0 Å². The third kappa shape index (κ3) is 1.57. The topological polar surface area (TPSA) is 62.4 Å². The number of nitrogens with one attached hydrogen (secondary N) is 3. The predicted molar refractivity (Wildman–Crippen MR) is 66.0 cm³/mol. The monoisotopic (exact) mass is 251 g/mol. The molecular formula is C13H21N3O2. The molecule has 5 nitrogen and oxygen atoms in total. The Morgan fingerprint density at radius 2 is 1.94 bits per heavy atom. The van der Waals surface area contributed by atoms with E-state index in [-0.39, 0.29) is 17.8 Å². The highest BCUT2D eigenvalue weighted by Gasteiger charge is 2.54. The van der Waals surface area contributed by atoms with E-state index < -0.39 is 0 Å². The number of hydrogen-bond donors (Lipinski definition) is 3. The first-order valence-corrected chi connectivity index (χ1v) is 7.21. The first-order chi connectivity index (χ1) is 8.75. The second-order valence-corrected chi connectivity index (χ2v) is 6.34. The van der Waals surface area contributed by atoms with Crippen molar-refractivity contribution in [3.05, 3.63) is 0 Å². The molecule has 4 fully saturated rings. The summed E-state index contributed by atoms with van der Waals surface area (Å²) in [4.78, 5) is 11.9. The molecule has 5 atom stereocenters. The first kappa shape index (κ1) is 11.1. The molecule has 5 heteroatoms. The fourth-order valence-corrected chi connectivity index (χ4v) is 4.57. The van der Waals surface area contributed by atoms with Gasteiger partial charge in [0.2, 0.25) is 0 Å². The number of piperidine rings is 1. The molecule has 4 heterocycles. The molecular weight excluding hydrogens is 230 g/mol. The number of amides is 2. The molecule has 2 bridgehead atoms. The van der Waals surface area contributed by atoms with Crippen molar-refractivity contribution in [2.45, 2.75) is 62.4 Å². The van der Waals surface area contributed by atoms with E-state index in [1.807, 2.05) is 0 Å². The molecule has 0 aliphatic carbocycles. The molecule has 1 unspecified atom stereocenters. The summed E-state index contributed by atoms with van der Waals surface area (Å²) < 4.78 is 5.78. The number of fused-ring (bicyclic) bond motifs is 4. The Kier molecular flexibility index (Phi) is 2.36. The van der Waals surface area contributed by atoms with Gasteiger partial charge in [0.25, 0.3) is 0 Å². The normalized spacial score (nSPS) is 50.6. The fraction of sp³-hybridized carbons (Fsp3) is 0.923. The summed E-state index contributed by atoms with van der Waals surface area (Å²) in [6.45, 7) is 0.780. The summed E-state index contributed by atoms with van der Waals surface area (Å²) in [6, 6.07) is 1.13. The Morgan fingerprint density at radius 3 is 2.72 bits per heavy atom. The number of hydrogen-bond acceptors (Lipinski definition) is 3. The van der Waals surface area contributed by atoms with Crippen LogP contribution in [0.1, 0.15) is 38.5 Å². The van der Waals surface area contributed by atoms with Crippen molar-refractivity contribution in [2.24, 2.45) is 5.92 Å². The van der Waals surface area contributed by atoms with Gasteiger partial charge in [-0.3, -0.25) is 0 Å². The summed E-state index contributed by atoms with van der Waals surface area (Å²) in [7, 11) is 0. The Balaban J connectivity index is 1.66. The summed E-state index contributed by atoms with van der Waals surface area (Å²) in [5.41, 5.74) is -0.0233. The van der Waals surface area contributed by atoms with Gasteiger partial charge < -0.3 is 20.7 Å². The second-order valence-electron chi connectivity index (χ2n) is 6.34. The van der Waals surface area contributed by atoms with Crippen molar-refractivity contribution in [1.29, 1.82) is 0 Å². The molecule has 3 N–H and O–H groups in total. The first-order valence-electron chi connectivity index (χ1n) is 7.21. The molecule has 0 aromatic rings. The van der Waals surface area contributed by atoms with Gasteiger partial charge >= 0.3 is 6.03 Å². The van der Waals surface area contributed by atoms with Crippen LogP contribution in [0.25, 0.3) is 0 Å².